The zero-order valence-corrected chi connectivity index (χ0v) is 8.17. The van der Waals surface area contributed by atoms with Crippen molar-refractivity contribution in [2.45, 2.75) is 0 Å². The summed E-state index contributed by atoms with van der Waals surface area (Å²) in [7, 11) is 0. The first-order chi connectivity index (χ1) is 4.97. The molecule has 0 radical (unpaired) electrons. The number of hydrogen-bond acceptors (Lipinski definition) is 4. The van der Waals surface area contributed by atoms with Crippen molar-refractivity contribution in [3.63, 3.8) is 0 Å². The van der Waals surface area contributed by atoms with Gasteiger partial charge in [0.2, 0.25) is 0 Å². The maximum absolute atomic E-state index is 4.23. The standard InChI is InChI=1S/C6H10N4.2ClH/c1-2-8-5(7-1)6-9-3-4-10-6;;/h1-4H2,(H,7,8)(H,9,10);2*1H. The van der Waals surface area contributed by atoms with Crippen molar-refractivity contribution in [2.75, 3.05) is 26.2 Å². The fraction of sp³-hybridized carbons (Fsp3) is 0.667. The molecule has 0 fully saturated rings. The van der Waals surface area contributed by atoms with E-state index in [0.29, 0.717) is 0 Å². The number of amidine groups is 2. The van der Waals surface area contributed by atoms with Crippen LogP contribution in [0.3, 0.4) is 0 Å². The summed E-state index contributed by atoms with van der Waals surface area (Å²) >= 11 is 0. The monoisotopic (exact) mass is 210 g/mol. The minimum Gasteiger partial charge on any atom is -0.365 e. The van der Waals surface area contributed by atoms with Crippen LogP contribution in [0.2, 0.25) is 0 Å². The molecule has 0 aliphatic carbocycles. The van der Waals surface area contributed by atoms with Crippen molar-refractivity contribution in [1.29, 1.82) is 0 Å². The molecule has 2 N–H and O–H groups in total. The molecular formula is C6H12Cl2N4. The van der Waals surface area contributed by atoms with Crippen molar-refractivity contribution in [1.82, 2.24) is 10.6 Å². The molecule has 0 aromatic rings. The molecule has 6 heteroatoms. The minimum absolute atomic E-state index is 0. The van der Waals surface area contributed by atoms with Crippen molar-refractivity contribution in [3.05, 3.63) is 0 Å². The number of halogens is 2. The molecule has 2 aliphatic rings. The highest BCUT2D eigenvalue weighted by molar-refractivity contribution is 6.41. The van der Waals surface area contributed by atoms with Gasteiger partial charge in [0.15, 0.2) is 11.7 Å². The lowest BCUT2D eigenvalue weighted by Gasteiger charge is -2.00. The van der Waals surface area contributed by atoms with Gasteiger partial charge in [0, 0.05) is 13.1 Å². The summed E-state index contributed by atoms with van der Waals surface area (Å²) in [5, 5.41) is 6.31. The summed E-state index contributed by atoms with van der Waals surface area (Å²) in [6, 6.07) is 0. The molecule has 0 saturated heterocycles. The average Bonchev–Trinajstić information content (AvgIpc) is 2.59. The molecule has 4 nitrogen and oxygen atoms in total. The van der Waals surface area contributed by atoms with Crippen LogP contribution in [0.15, 0.2) is 9.98 Å². The zero-order valence-electron chi connectivity index (χ0n) is 6.54. The second kappa shape index (κ2) is 5.22. The first-order valence-corrected chi connectivity index (χ1v) is 3.54. The predicted molar refractivity (Wildman–Crippen MR) is 55.1 cm³/mol. The number of nitrogens with one attached hydrogen (secondary N) is 2. The van der Waals surface area contributed by atoms with E-state index in [1.165, 1.54) is 0 Å². The van der Waals surface area contributed by atoms with Gasteiger partial charge in [-0.15, -0.1) is 24.8 Å². The van der Waals surface area contributed by atoms with Gasteiger partial charge >= 0.3 is 0 Å². The molecule has 0 aromatic heterocycles. The second-order valence-corrected chi connectivity index (χ2v) is 2.31. The Balaban J connectivity index is 0.000000605. The highest BCUT2D eigenvalue weighted by Crippen LogP contribution is 1.91. The van der Waals surface area contributed by atoms with Gasteiger partial charge in [0.05, 0.1) is 13.1 Å². The van der Waals surface area contributed by atoms with Crippen LogP contribution >= 0.6 is 24.8 Å². The summed E-state index contributed by atoms with van der Waals surface area (Å²) in [6.07, 6.45) is 0. The third kappa shape index (κ3) is 2.25. The lowest BCUT2D eigenvalue weighted by Crippen LogP contribution is -2.34. The Bertz CT molecular complexity index is 180. The highest BCUT2D eigenvalue weighted by Gasteiger charge is 2.14. The van der Waals surface area contributed by atoms with E-state index in [4.69, 9.17) is 0 Å². The molecule has 2 heterocycles. The minimum atomic E-state index is 0. The fourth-order valence-electron chi connectivity index (χ4n) is 1.11. The van der Waals surface area contributed by atoms with E-state index in [1.54, 1.807) is 0 Å². The maximum Gasteiger partial charge on any atom is 0.164 e. The SMILES string of the molecule is C1CNC(C2=NCCN2)=N1.Cl.Cl. The van der Waals surface area contributed by atoms with E-state index in [0.717, 1.165) is 37.9 Å². The van der Waals surface area contributed by atoms with Gasteiger partial charge in [-0.05, 0) is 0 Å². The van der Waals surface area contributed by atoms with Crippen LogP contribution in [0.4, 0.5) is 0 Å². The number of nitrogens with zero attached hydrogens (tertiary/aromatic N) is 2. The first-order valence-electron chi connectivity index (χ1n) is 3.54. The number of hydrogen-bond donors (Lipinski definition) is 2. The molecule has 0 amide bonds. The molecule has 12 heavy (non-hydrogen) atoms. The normalized spacial score (nSPS) is 19.3. The molecular weight excluding hydrogens is 199 g/mol. The van der Waals surface area contributed by atoms with E-state index >= 15 is 0 Å². The Labute approximate surface area is 83.7 Å². The van der Waals surface area contributed by atoms with Gasteiger partial charge in [0.25, 0.3) is 0 Å². The Hall–Kier alpha value is -0.480. The van der Waals surface area contributed by atoms with Crippen molar-refractivity contribution in [3.8, 4) is 0 Å². The van der Waals surface area contributed by atoms with Gasteiger partial charge in [-0.25, -0.2) is 0 Å². The van der Waals surface area contributed by atoms with E-state index < -0.39 is 0 Å². The van der Waals surface area contributed by atoms with Gasteiger partial charge in [0.1, 0.15) is 0 Å². The van der Waals surface area contributed by atoms with Crippen LogP contribution in [-0.4, -0.2) is 37.9 Å². The number of aliphatic imine (C=N–C) groups is 2. The van der Waals surface area contributed by atoms with Crippen LogP contribution in [0.5, 0.6) is 0 Å². The molecule has 2 aliphatic heterocycles. The van der Waals surface area contributed by atoms with Crippen molar-refractivity contribution < 1.29 is 0 Å². The van der Waals surface area contributed by atoms with Crippen LogP contribution in [0.25, 0.3) is 0 Å². The van der Waals surface area contributed by atoms with Gasteiger partial charge in [-0.1, -0.05) is 0 Å². The fourth-order valence-corrected chi connectivity index (χ4v) is 1.11. The summed E-state index contributed by atoms with van der Waals surface area (Å²) in [5.74, 6) is 1.88. The first kappa shape index (κ1) is 11.5. The zero-order chi connectivity index (χ0) is 6.81. The summed E-state index contributed by atoms with van der Waals surface area (Å²) in [6.45, 7) is 3.68. The van der Waals surface area contributed by atoms with E-state index in [2.05, 4.69) is 20.6 Å². The summed E-state index contributed by atoms with van der Waals surface area (Å²) in [4.78, 5) is 8.46. The summed E-state index contributed by atoms with van der Waals surface area (Å²) in [5.41, 5.74) is 0. The quantitative estimate of drug-likeness (QED) is 0.632. The van der Waals surface area contributed by atoms with Crippen molar-refractivity contribution >= 4 is 36.5 Å². The molecule has 0 bridgehead atoms. The lowest BCUT2D eigenvalue weighted by atomic mass is 10.5. The Morgan fingerprint density at radius 3 is 1.50 bits per heavy atom. The lowest BCUT2D eigenvalue weighted by molar-refractivity contribution is 0.953. The molecule has 0 spiro atoms. The van der Waals surface area contributed by atoms with Crippen molar-refractivity contribution in [2.24, 2.45) is 9.98 Å². The number of rotatable bonds is 1. The third-order valence-electron chi connectivity index (χ3n) is 1.57. The van der Waals surface area contributed by atoms with E-state index in [1.807, 2.05) is 0 Å². The van der Waals surface area contributed by atoms with E-state index in [9.17, 15) is 0 Å². The van der Waals surface area contributed by atoms with Gasteiger partial charge < -0.3 is 10.6 Å². The van der Waals surface area contributed by atoms with Crippen LogP contribution < -0.4 is 10.6 Å². The topological polar surface area (TPSA) is 48.8 Å². The third-order valence-corrected chi connectivity index (χ3v) is 1.57. The predicted octanol–water partition coefficient (Wildman–Crippen LogP) is -0.167. The average molecular weight is 211 g/mol. The maximum atomic E-state index is 4.23. The van der Waals surface area contributed by atoms with E-state index in [-0.39, 0.29) is 24.8 Å². The largest absolute Gasteiger partial charge is 0.365 e. The van der Waals surface area contributed by atoms with Crippen LogP contribution in [0, 0.1) is 0 Å². The smallest absolute Gasteiger partial charge is 0.164 e. The molecule has 0 atom stereocenters. The van der Waals surface area contributed by atoms with Gasteiger partial charge in [-0.3, -0.25) is 9.98 Å². The Kier molecular flexibility index (Phi) is 5.01. The summed E-state index contributed by atoms with van der Waals surface area (Å²) < 4.78 is 0. The van der Waals surface area contributed by atoms with Gasteiger partial charge in [-0.2, -0.15) is 0 Å². The second-order valence-electron chi connectivity index (χ2n) is 2.31. The van der Waals surface area contributed by atoms with Crippen LogP contribution in [-0.2, 0) is 0 Å². The molecule has 70 valence electrons. The highest BCUT2D eigenvalue weighted by atomic mass is 35.5. The molecule has 0 unspecified atom stereocenters. The Morgan fingerprint density at radius 1 is 0.833 bits per heavy atom. The van der Waals surface area contributed by atoms with Crippen LogP contribution in [0.1, 0.15) is 0 Å². The molecule has 0 aromatic carbocycles. The molecule has 0 saturated carbocycles. The molecule has 2 rings (SSSR count). The Morgan fingerprint density at radius 2 is 1.25 bits per heavy atom.